The van der Waals surface area contributed by atoms with Gasteiger partial charge >= 0.3 is 0 Å². The van der Waals surface area contributed by atoms with Crippen molar-refractivity contribution >= 4 is 45.0 Å². The first-order chi connectivity index (χ1) is 8.43. The fourth-order valence-corrected chi connectivity index (χ4v) is 1.75. The maximum Gasteiger partial charge on any atom is 0.244 e. The molecule has 0 aliphatic rings. The number of anilines is 1. The van der Waals surface area contributed by atoms with Crippen LogP contribution in [0.3, 0.4) is 0 Å². The molecule has 0 saturated heterocycles. The number of halogens is 3. The number of nitrogens with one attached hydrogen (secondary N) is 1. The lowest BCUT2D eigenvalue weighted by molar-refractivity contribution is -0.131. The second kappa shape index (κ2) is 6.70. The zero-order chi connectivity index (χ0) is 13.7. The number of likely N-dealkylation sites (N-methyl/N-ethyl adjacent to an activating group) is 1. The largest absolute Gasteiger partial charge is 0.335 e. The summed E-state index contributed by atoms with van der Waals surface area (Å²) in [7, 11) is 1.45. The highest BCUT2D eigenvalue weighted by atomic mass is 79.9. The molecule has 0 aliphatic carbocycles. The van der Waals surface area contributed by atoms with Gasteiger partial charge in [-0.05, 0) is 18.2 Å². The third-order valence-corrected chi connectivity index (χ3v) is 2.85. The van der Waals surface area contributed by atoms with Crippen molar-refractivity contribution in [1.29, 1.82) is 0 Å². The summed E-state index contributed by atoms with van der Waals surface area (Å²) in [5, 5.41) is 2.38. The number of benzene rings is 1. The van der Waals surface area contributed by atoms with Crippen molar-refractivity contribution in [2.45, 2.75) is 0 Å². The molecule has 0 saturated carbocycles. The topological polar surface area (TPSA) is 49.4 Å². The van der Waals surface area contributed by atoms with Crippen LogP contribution < -0.4 is 5.32 Å². The summed E-state index contributed by atoms with van der Waals surface area (Å²) in [6.45, 7) is -0.183. The second-order valence-corrected chi connectivity index (χ2v) is 4.74. The molecule has 0 spiro atoms. The number of carbonyl (C=O) groups excluding carboxylic acids is 2. The quantitative estimate of drug-likeness (QED) is 0.857. The predicted octanol–water partition coefficient (Wildman–Crippen LogP) is 2.22. The average Bonchev–Trinajstić information content (AvgIpc) is 2.32. The lowest BCUT2D eigenvalue weighted by Gasteiger charge is -2.15. The molecule has 18 heavy (non-hydrogen) atoms. The van der Waals surface area contributed by atoms with Crippen molar-refractivity contribution in [3.8, 4) is 0 Å². The fraction of sp³-hybridized carbons (Fsp3) is 0.273. The Morgan fingerprint density at radius 1 is 1.50 bits per heavy atom. The van der Waals surface area contributed by atoms with Crippen LogP contribution in [0.2, 0.25) is 0 Å². The van der Waals surface area contributed by atoms with E-state index in [9.17, 15) is 14.0 Å². The molecule has 0 atom stereocenters. The predicted molar refractivity (Wildman–Crippen MR) is 71.1 cm³/mol. The van der Waals surface area contributed by atoms with Gasteiger partial charge in [0.05, 0.1) is 12.2 Å². The van der Waals surface area contributed by atoms with E-state index in [0.29, 0.717) is 4.47 Å². The van der Waals surface area contributed by atoms with Crippen molar-refractivity contribution in [2.24, 2.45) is 0 Å². The Morgan fingerprint density at radius 3 is 2.78 bits per heavy atom. The SMILES string of the molecule is CN(CC(=O)Nc1cc(Br)ccc1F)C(=O)CCl. The summed E-state index contributed by atoms with van der Waals surface area (Å²) in [6.07, 6.45) is 0. The van der Waals surface area contributed by atoms with Gasteiger partial charge in [-0.3, -0.25) is 9.59 Å². The van der Waals surface area contributed by atoms with E-state index in [4.69, 9.17) is 11.6 Å². The van der Waals surface area contributed by atoms with Crippen LogP contribution in [-0.2, 0) is 9.59 Å². The van der Waals surface area contributed by atoms with E-state index >= 15 is 0 Å². The van der Waals surface area contributed by atoms with E-state index in [1.807, 2.05) is 0 Å². The van der Waals surface area contributed by atoms with Crippen LogP contribution in [0.25, 0.3) is 0 Å². The van der Waals surface area contributed by atoms with Gasteiger partial charge in [-0.15, -0.1) is 11.6 Å². The molecule has 1 aromatic carbocycles. The van der Waals surface area contributed by atoms with E-state index in [1.165, 1.54) is 25.2 Å². The van der Waals surface area contributed by atoms with Crippen LogP contribution in [0.1, 0.15) is 0 Å². The monoisotopic (exact) mass is 336 g/mol. The van der Waals surface area contributed by atoms with E-state index in [1.54, 1.807) is 0 Å². The van der Waals surface area contributed by atoms with Crippen LogP contribution in [0.5, 0.6) is 0 Å². The van der Waals surface area contributed by atoms with Crippen LogP contribution in [0, 0.1) is 5.82 Å². The zero-order valence-electron chi connectivity index (χ0n) is 9.54. The van der Waals surface area contributed by atoms with Crippen LogP contribution >= 0.6 is 27.5 Å². The van der Waals surface area contributed by atoms with Crippen LogP contribution in [-0.4, -0.2) is 36.2 Å². The number of nitrogens with zero attached hydrogens (tertiary/aromatic N) is 1. The standard InChI is InChI=1S/C11H11BrClFN2O2/c1-16(11(18)5-13)6-10(17)15-9-4-7(12)2-3-8(9)14/h2-4H,5-6H2,1H3,(H,15,17). The van der Waals surface area contributed by atoms with E-state index in [-0.39, 0.29) is 24.0 Å². The summed E-state index contributed by atoms with van der Waals surface area (Å²) in [5.41, 5.74) is 0.0566. The number of rotatable bonds is 4. The van der Waals surface area contributed by atoms with Crippen molar-refractivity contribution in [3.05, 3.63) is 28.5 Å². The normalized spacial score (nSPS) is 10.0. The molecule has 4 nitrogen and oxygen atoms in total. The molecule has 0 radical (unpaired) electrons. The first-order valence-corrected chi connectivity index (χ1v) is 6.31. The summed E-state index contributed by atoms with van der Waals surface area (Å²) >= 11 is 8.52. The van der Waals surface area contributed by atoms with Gasteiger partial charge in [0.25, 0.3) is 0 Å². The van der Waals surface area contributed by atoms with Gasteiger partial charge < -0.3 is 10.2 Å². The van der Waals surface area contributed by atoms with Gasteiger partial charge in [0.15, 0.2) is 0 Å². The Labute approximate surface area is 117 Å². The molecule has 1 N–H and O–H groups in total. The molecule has 0 heterocycles. The highest BCUT2D eigenvalue weighted by Crippen LogP contribution is 2.19. The maximum atomic E-state index is 13.4. The molecule has 0 bridgehead atoms. The van der Waals surface area contributed by atoms with E-state index in [0.717, 1.165) is 4.90 Å². The second-order valence-electron chi connectivity index (χ2n) is 3.56. The number of amides is 2. The van der Waals surface area contributed by atoms with Gasteiger partial charge in [0.1, 0.15) is 11.7 Å². The average molecular weight is 338 g/mol. The highest BCUT2D eigenvalue weighted by molar-refractivity contribution is 9.10. The Hall–Kier alpha value is -1.14. The molecule has 1 rings (SSSR count). The van der Waals surface area contributed by atoms with E-state index < -0.39 is 11.7 Å². The molecule has 0 aliphatic heterocycles. The molecular formula is C11H11BrClFN2O2. The Balaban J connectivity index is 2.65. The van der Waals surface area contributed by atoms with E-state index in [2.05, 4.69) is 21.2 Å². The van der Waals surface area contributed by atoms with Crippen molar-refractivity contribution in [3.63, 3.8) is 0 Å². The molecule has 1 aromatic rings. The van der Waals surface area contributed by atoms with Gasteiger partial charge in [-0.2, -0.15) is 0 Å². The number of hydrogen-bond acceptors (Lipinski definition) is 2. The van der Waals surface area contributed by atoms with Crippen molar-refractivity contribution in [1.82, 2.24) is 4.90 Å². The molecule has 0 fully saturated rings. The van der Waals surface area contributed by atoms with Gasteiger partial charge in [-0.1, -0.05) is 15.9 Å². The fourth-order valence-electron chi connectivity index (χ4n) is 1.19. The zero-order valence-corrected chi connectivity index (χ0v) is 11.9. The first-order valence-electron chi connectivity index (χ1n) is 4.99. The minimum Gasteiger partial charge on any atom is -0.335 e. The third kappa shape index (κ3) is 4.27. The van der Waals surface area contributed by atoms with Crippen LogP contribution in [0.4, 0.5) is 10.1 Å². The summed E-state index contributed by atoms with van der Waals surface area (Å²) < 4.78 is 14.0. The lowest BCUT2D eigenvalue weighted by atomic mass is 10.3. The minimum absolute atomic E-state index is 0.0566. The van der Waals surface area contributed by atoms with Crippen LogP contribution in [0.15, 0.2) is 22.7 Å². The maximum absolute atomic E-state index is 13.4. The Bertz CT molecular complexity index is 470. The minimum atomic E-state index is -0.544. The number of carbonyl (C=O) groups is 2. The molecular weight excluding hydrogens is 326 g/mol. The Kier molecular flexibility index (Phi) is 5.55. The lowest BCUT2D eigenvalue weighted by Crippen LogP contribution is -2.35. The molecule has 7 heteroatoms. The molecule has 2 amide bonds. The summed E-state index contributed by atoms with van der Waals surface area (Å²) in [4.78, 5) is 23.9. The summed E-state index contributed by atoms with van der Waals surface area (Å²) in [5.74, 6) is -1.61. The number of hydrogen-bond donors (Lipinski definition) is 1. The number of alkyl halides is 1. The van der Waals surface area contributed by atoms with Gasteiger partial charge in [-0.25, -0.2) is 4.39 Å². The summed E-state index contributed by atoms with van der Waals surface area (Å²) in [6, 6.07) is 4.19. The molecule has 0 unspecified atom stereocenters. The third-order valence-electron chi connectivity index (χ3n) is 2.12. The van der Waals surface area contributed by atoms with Gasteiger partial charge in [0.2, 0.25) is 11.8 Å². The Morgan fingerprint density at radius 2 is 2.17 bits per heavy atom. The highest BCUT2D eigenvalue weighted by Gasteiger charge is 2.13. The molecule has 98 valence electrons. The first kappa shape index (κ1) is 14.9. The van der Waals surface area contributed by atoms with Crippen molar-refractivity contribution < 1.29 is 14.0 Å². The van der Waals surface area contributed by atoms with Crippen molar-refractivity contribution in [2.75, 3.05) is 24.8 Å². The smallest absolute Gasteiger partial charge is 0.244 e. The van der Waals surface area contributed by atoms with Gasteiger partial charge in [0, 0.05) is 11.5 Å². The molecule has 0 aromatic heterocycles.